The van der Waals surface area contributed by atoms with Crippen LogP contribution in [0.2, 0.25) is 0 Å². The van der Waals surface area contributed by atoms with Gasteiger partial charge in [-0.3, -0.25) is 18.8 Å². The van der Waals surface area contributed by atoms with Crippen LogP contribution in [0, 0.1) is 19.8 Å². The van der Waals surface area contributed by atoms with Crippen molar-refractivity contribution in [2.45, 2.75) is 32.5 Å². The normalized spacial score (nSPS) is 24.1. The molecule has 0 saturated carbocycles. The Morgan fingerprint density at radius 1 is 1.32 bits per heavy atom. The molecule has 2 aromatic heterocycles. The third-order valence-electron chi connectivity index (χ3n) is 6.18. The van der Waals surface area contributed by atoms with Crippen molar-refractivity contribution < 1.29 is 14.3 Å². The first kappa shape index (κ1) is 19.7. The Kier molecular flexibility index (Phi) is 4.23. The van der Waals surface area contributed by atoms with Crippen LogP contribution >= 0.6 is 11.3 Å². The van der Waals surface area contributed by atoms with E-state index in [1.54, 1.807) is 16.2 Å². The molecule has 8 nitrogen and oxygen atoms in total. The number of hydrogen-bond donors (Lipinski definition) is 0. The van der Waals surface area contributed by atoms with E-state index in [4.69, 9.17) is 14.5 Å². The molecule has 0 aliphatic carbocycles. The Morgan fingerprint density at radius 3 is 2.74 bits per heavy atom. The van der Waals surface area contributed by atoms with Crippen molar-refractivity contribution in [1.82, 2.24) is 14.3 Å². The van der Waals surface area contributed by atoms with Crippen molar-refractivity contribution in [3.8, 4) is 5.75 Å². The number of carbonyl (C=O) groups excluding carboxylic acids is 1. The van der Waals surface area contributed by atoms with E-state index in [0.717, 1.165) is 22.5 Å². The molecule has 4 heterocycles. The van der Waals surface area contributed by atoms with E-state index >= 15 is 0 Å². The van der Waals surface area contributed by atoms with Crippen LogP contribution in [0.1, 0.15) is 35.5 Å². The Labute approximate surface area is 182 Å². The molecule has 3 atom stereocenters. The lowest BCUT2D eigenvalue weighted by Gasteiger charge is -2.44. The van der Waals surface area contributed by atoms with Gasteiger partial charge in [0.2, 0.25) is 5.72 Å². The summed E-state index contributed by atoms with van der Waals surface area (Å²) in [6.45, 7) is 5.65. The molecule has 5 rings (SSSR count). The molecule has 0 radical (unpaired) electrons. The molecule has 0 fully saturated rings. The van der Waals surface area contributed by atoms with Crippen LogP contribution in [-0.2, 0) is 16.6 Å². The average Bonchev–Trinajstić information content (AvgIpc) is 3.16. The lowest BCUT2D eigenvalue weighted by atomic mass is 9.81. The molecule has 9 heteroatoms. The zero-order chi connectivity index (χ0) is 22.1. The summed E-state index contributed by atoms with van der Waals surface area (Å²) < 4.78 is 15.2. The summed E-state index contributed by atoms with van der Waals surface area (Å²) in [5.41, 5.74) is 2.14. The molecule has 0 N–H and O–H groups in total. The number of para-hydroxylation sites is 1. The number of nitrogens with zero attached hydrogens (tertiary/aromatic N) is 4. The number of rotatable bonds is 2. The summed E-state index contributed by atoms with van der Waals surface area (Å²) in [7, 11) is 3.22. The predicted molar refractivity (Wildman–Crippen MR) is 115 cm³/mol. The maximum Gasteiger partial charge on any atom is 0.317 e. The molecular weight excluding hydrogens is 416 g/mol. The minimum Gasteiger partial charge on any atom is -0.469 e. The number of ether oxygens (including phenoxy) is 2. The molecule has 1 aromatic carbocycles. The standard InChI is InChI=1S/C22H22N4O4S/c1-11-14(12(2)25(4)24-11)10-16-19(27)26-18-13-8-6-7-9-15(13)30-22(3,23-21(26)31-16)17(18)20(28)29-5/h6-10,17-18H,1-5H3/b16-10-/t17-,18-,22-/m0/s1. The number of fused-ring (bicyclic) bond motifs is 6. The number of benzene rings is 1. The van der Waals surface area contributed by atoms with Crippen LogP contribution in [0.15, 0.2) is 34.1 Å². The molecule has 2 bridgehead atoms. The molecule has 0 saturated heterocycles. The van der Waals surface area contributed by atoms with Crippen LogP contribution in [0.5, 0.6) is 5.75 Å². The Balaban J connectivity index is 1.82. The van der Waals surface area contributed by atoms with Crippen molar-refractivity contribution in [3.05, 3.63) is 66.5 Å². The molecule has 160 valence electrons. The lowest BCUT2D eigenvalue weighted by molar-refractivity contribution is -0.158. The SMILES string of the molecule is COC(=O)[C@@H]1[C@@H]2c3ccccc3O[C@]1(C)N=c1s/c(=C\c3c(C)nn(C)c3C)c(=O)n12. The van der Waals surface area contributed by atoms with E-state index in [-0.39, 0.29) is 5.56 Å². The summed E-state index contributed by atoms with van der Waals surface area (Å²) in [6.07, 6.45) is 1.86. The first-order chi connectivity index (χ1) is 14.7. The minimum atomic E-state index is -1.17. The highest BCUT2D eigenvalue weighted by Gasteiger charge is 2.55. The average molecular weight is 439 g/mol. The number of thiazole rings is 1. The molecule has 3 aromatic rings. The number of aryl methyl sites for hydroxylation is 2. The molecule has 0 amide bonds. The van der Waals surface area contributed by atoms with Crippen molar-refractivity contribution in [2.75, 3.05) is 7.11 Å². The van der Waals surface area contributed by atoms with Gasteiger partial charge in [-0.25, -0.2) is 4.99 Å². The highest BCUT2D eigenvalue weighted by atomic mass is 32.1. The van der Waals surface area contributed by atoms with Crippen LogP contribution in [-0.4, -0.2) is 33.2 Å². The molecular formula is C22H22N4O4S. The number of esters is 1. The second-order valence-corrected chi connectivity index (χ2v) is 9.04. The summed E-state index contributed by atoms with van der Waals surface area (Å²) in [5, 5.41) is 4.44. The Morgan fingerprint density at radius 2 is 2.06 bits per heavy atom. The second kappa shape index (κ2) is 6.65. The molecule has 31 heavy (non-hydrogen) atoms. The van der Waals surface area contributed by atoms with E-state index in [1.165, 1.54) is 18.4 Å². The van der Waals surface area contributed by atoms with Crippen molar-refractivity contribution in [1.29, 1.82) is 0 Å². The van der Waals surface area contributed by atoms with Gasteiger partial charge in [-0.15, -0.1) is 0 Å². The Hall–Kier alpha value is -3.20. The van der Waals surface area contributed by atoms with E-state index in [9.17, 15) is 9.59 Å². The smallest absolute Gasteiger partial charge is 0.317 e. The summed E-state index contributed by atoms with van der Waals surface area (Å²) >= 11 is 1.29. The summed E-state index contributed by atoms with van der Waals surface area (Å²) in [6, 6.07) is 6.89. The van der Waals surface area contributed by atoms with Gasteiger partial charge >= 0.3 is 5.97 Å². The first-order valence-corrected chi connectivity index (χ1v) is 10.8. The number of aromatic nitrogens is 3. The third-order valence-corrected chi connectivity index (χ3v) is 7.16. The first-order valence-electron chi connectivity index (χ1n) is 9.94. The van der Waals surface area contributed by atoms with E-state index in [2.05, 4.69) is 5.10 Å². The van der Waals surface area contributed by atoms with Crippen molar-refractivity contribution >= 4 is 23.4 Å². The van der Waals surface area contributed by atoms with Gasteiger partial charge in [0.05, 0.1) is 23.4 Å². The lowest BCUT2D eigenvalue weighted by Crippen LogP contribution is -2.58. The zero-order valence-electron chi connectivity index (χ0n) is 17.9. The fourth-order valence-corrected chi connectivity index (χ4v) is 5.64. The van der Waals surface area contributed by atoms with Gasteiger partial charge in [-0.05, 0) is 32.9 Å². The maximum absolute atomic E-state index is 13.6. The zero-order valence-corrected chi connectivity index (χ0v) is 18.7. The van der Waals surface area contributed by atoms with Gasteiger partial charge in [0.25, 0.3) is 5.56 Å². The monoisotopic (exact) mass is 438 g/mol. The number of hydrogen-bond acceptors (Lipinski definition) is 7. The number of methoxy groups -OCH3 is 1. The summed E-state index contributed by atoms with van der Waals surface area (Å²) in [5.74, 6) is -0.618. The quantitative estimate of drug-likeness (QED) is 0.562. The van der Waals surface area contributed by atoms with Gasteiger partial charge in [0, 0.05) is 23.9 Å². The molecule has 2 aliphatic heterocycles. The van der Waals surface area contributed by atoms with E-state index in [0.29, 0.717) is 15.1 Å². The van der Waals surface area contributed by atoms with Gasteiger partial charge in [0.15, 0.2) is 4.80 Å². The third kappa shape index (κ3) is 2.72. The van der Waals surface area contributed by atoms with Crippen LogP contribution < -0.4 is 19.6 Å². The van der Waals surface area contributed by atoms with Gasteiger partial charge < -0.3 is 9.47 Å². The molecule has 0 unspecified atom stereocenters. The fourth-order valence-electron chi connectivity index (χ4n) is 4.56. The van der Waals surface area contributed by atoms with Gasteiger partial charge in [-0.1, -0.05) is 29.5 Å². The van der Waals surface area contributed by atoms with Gasteiger partial charge in [0.1, 0.15) is 11.7 Å². The topological polar surface area (TPSA) is 87.7 Å². The molecule has 2 aliphatic rings. The largest absolute Gasteiger partial charge is 0.469 e. The van der Waals surface area contributed by atoms with E-state index < -0.39 is 23.7 Å². The minimum absolute atomic E-state index is 0.191. The fraction of sp³-hybridized carbons (Fsp3) is 0.364. The maximum atomic E-state index is 13.6. The van der Waals surface area contributed by atoms with Crippen molar-refractivity contribution in [2.24, 2.45) is 18.0 Å². The highest BCUT2D eigenvalue weighted by molar-refractivity contribution is 7.07. The Bertz CT molecular complexity index is 1420. The number of carbonyl (C=O) groups is 1. The summed E-state index contributed by atoms with van der Waals surface area (Å²) in [4.78, 5) is 31.7. The van der Waals surface area contributed by atoms with Gasteiger partial charge in [-0.2, -0.15) is 5.10 Å². The second-order valence-electron chi connectivity index (χ2n) is 8.03. The molecule has 0 spiro atoms. The van der Waals surface area contributed by atoms with Crippen molar-refractivity contribution in [3.63, 3.8) is 0 Å². The highest BCUT2D eigenvalue weighted by Crippen LogP contribution is 2.47. The van der Waals surface area contributed by atoms with E-state index in [1.807, 2.05) is 51.2 Å². The predicted octanol–water partition coefficient (Wildman–Crippen LogP) is 1.21. The van der Waals surface area contributed by atoms with Crippen LogP contribution in [0.25, 0.3) is 6.08 Å². The van der Waals surface area contributed by atoms with Crippen LogP contribution in [0.4, 0.5) is 0 Å². The van der Waals surface area contributed by atoms with Crippen LogP contribution in [0.3, 0.4) is 0 Å².